The molecule has 0 saturated carbocycles. The number of likely N-dealkylation sites (tertiary alicyclic amines) is 1. The van der Waals surface area contributed by atoms with Gasteiger partial charge in [-0.15, -0.1) is 0 Å². The Balaban J connectivity index is 1.73. The number of nitrogens with zero attached hydrogens (tertiary/aromatic N) is 1. The topological polar surface area (TPSA) is 41.6 Å². The molecule has 1 N–H and O–H groups in total. The zero-order valence-electron chi connectivity index (χ0n) is 14.4. The number of ether oxygens (including phenoxy) is 1. The third-order valence-corrected chi connectivity index (χ3v) is 4.99. The van der Waals surface area contributed by atoms with E-state index in [1.54, 1.807) is 19.2 Å². The van der Waals surface area contributed by atoms with Gasteiger partial charge in [0.15, 0.2) is 0 Å². The summed E-state index contributed by atoms with van der Waals surface area (Å²) in [5.74, 6) is 0.701. The average Bonchev–Trinajstić information content (AvgIpc) is 3.17. The van der Waals surface area contributed by atoms with E-state index < -0.39 is 0 Å². The van der Waals surface area contributed by atoms with Crippen LogP contribution in [0.15, 0.2) is 48.5 Å². The SMILES string of the molecule is COc1ccc([C@@H](CNC(=O)c2ccccc2Cl)N2CCCC2)cc1. The molecule has 5 heteroatoms. The lowest BCUT2D eigenvalue weighted by molar-refractivity contribution is 0.0938. The van der Waals surface area contributed by atoms with E-state index in [1.165, 1.54) is 18.4 Å². The fourth-order valence-corrected chi connectivity index (χ4v) is 3.49. The number of methoxy groups -OCH3 is 1. The smallest absolute Gasteiger partial charge is 0.252 e. The Kier molecular flexibility index (Phi) is 5.95. The Hall–Kier alpha value is -2.04. The first-order valence-corrected chi connectivity index (χ1v) is 8.97. The van der Waals surface area contributed by atoms with E-state index in [1.807, 2.05) is 24.3 Å². The molecule has 0 bridgehead atoms. The summed E-state index contributed by atoms with van der Waals surface area (Å²) in [5.41, 5.74) is 1.70. The summed E-state index contributed by atoms with van der Waals surface area (Å²) >= 11 is 6.13. The normalized spacial score (nSPS) is 15.8. The molecule has 1 fully saturated rings. The molecule has 0 aliphatic carbocycles. The van der Waals surface area contributed by atoms with Crippen LogP contribution < -0.4 is 10.1 Å². The second kappa shape index (κ2) is 8.37. The quantitative estimate of drug-likeness (QED) is 0.851. The van der Waals surface area contributed by atoms with Crippen molar-refractivity contribution in [2.75, 3.05) is 26.7 Å². The van der Waals surface area contributed by atoms with E-state index in [-0.39, 0.29) is 11.9 Å². The summed E-state index contributed by atoms with van der Waals surface area (Å²) in [6.45, 7) is 2.66. The van der Waals surface area contributed by atoms with Gasteiger partial charge in [0, 0.05) is 6.54 Å². The number of hydrogen-bond donors (Lipinski definition) is 1. The van der Waals surface area contributed by atoms with Crippen LogP contribution in [0.25, 0.3) is 0 Å². The van der Waals surface area contributed by atoms with Crippen molar-refractivity contribution in [3.8, 4) is 5.75 Å². The summed E-state index contributed by atoms with van der Waals surface area (Å²) in [4.78, 5) is 14.9. The van der Waals surface area contributed by atoms with Crippen LogP contribution >= 0.6 is 11.6 Å². The first-order chi connectivity index (χ1) is 12.2. The molecular weight excluding hydrogens is 336 g/mol. The third-order valence-electron chi connectivity index (χ3n) is 4.66. The summed E-state index contributed by atoms with van der Waals surface area (Å²) in [6, 6.07) is 15.4. The number of rotatable bonds is 6. The van der Waals surface area contributed by atoms with Gasteiger partial charge in [-0.2, -0.15) is 0 Å². The van der Waals surface area contributed by atoms with Gasteiger partial charge in [-0.3, -0.25) is 9.69 Å². The molecule has 1 aliphatic rings. The van der Waals surface area contributed by atoms with Crippen molar-refractivity contribution in [1.29, 1.82) is 0 Å². The van der Waals surface area contributed by atoms with Crippen LogP contribution in [0.2, 0.25) is 5.02 Å². The molecule has 0 aromatic heterocycles. The highest BCUT2D eigenvalue weighted by Crippen LogP contribution is 2.26. The summed E-state index contributed by atoms with van der Waals surface area (Å²) in [6.07, 6.45) is 2.40. The highest BCUT2D eigenvalue weighted by molar-refractivity contribution is 6.33. The lowest BCUT2D eigenvalue weighted by Gasteiger charge is -2.28. The van der Waals surface area contributed by atoms with Crippen molar-refractivity contribution in [3.63, 3.8) is 0 Å². The van der Waals surface area contributed by atoms with Crippen LogP contribution in [0.4, 0.5) is 0 Å². The van der Waals surface area contributed by atoms with Gasteiger partial charge in [0.2, 0.25) is 0 Å². The Morgan fingerprint density at radius 2 is 1.84 bits per heavy atom. The van der Waals surface area contributed by atoms with Gasteiger partial charge in [-0.05, 0) is 55.8 Å². The molecule has 0 radical (unpaired) electrons. The molecule has 1 aliphatic heterocycles. The number of benzene rings is 2. The highest BCUT2D eigenvalue weighted by atomic mass is 35.5. The first kappa shape index (κ1) is 17.8. The third kappa shape index (κ3) is 4.33. The molecule has 2 aromatic carbocycles. The van der Waals surface area contributed by atoms with Crippen molar-refractivity contribution >= 4 is 17.5 Å². The van der Waals surface area contributed by atoms with Gasteiger partial charge >= 0.3 is 0 Å². The van der Waals surface area contributed by atoms with Gasteiger partial charge < -0.3 is 10.1 Å². The molecule has 4 nitrogen and oxygen atoms in total. The van der Waals surface area contributed by atoms with Crippen LogP contribution in [-0.4, -0.2) is 37.6 Å². The largest absolute Gasteiger partial charge is 0.497 e. The van der Waals surface area contributed by atoms with E-state index in [4.69, 9.17) is 16.3 Å². The molecule has 3 rings (SSSR count). The van der Waals surface area contributed by atoms with Crippen LogP contribution in [0, 0.1) is 0 Å². The van der Waals surface area contributed by atoms with Crippen molar-refractivity contribution in [1.82, 2.24) is 10.2 Å². The molecule has 132 valence electrons. The number of hydrogen-bond acceptors (Lipinski definition) is 3. The number of amides is 1. The van der Waals surface area contributed by atoms with Crippen molar-refractivity contribution in [2.45, 2.75) is 18.9 Å². The molecule has 2 aromatic rings. The van der Waals surface area contributed by atoms with Gasteiger partial charge in [0.05, 0.1) is 23.7 Å². The molecular formula is C20H23ClN2O2. The van der Waals surface area contributed by atoms with E-state index in [9.17, 15) is 4.79 Å². The minimum absolute atomic E-state index is 0.136. The maximum absolute atomic E-state index is 12.5. The summed E-state index contributed by atoms with van der Waals surface area (Å²) < 4.78 is 5.25. The molecule has 25 heavy (non-hydrogen) atoms. The predicted octanol–water partition coefficient (Wildman–Crippen LogP) is 3.92. The molecule has 1 saturated heterocycles. The van der Waals surface area contributed by atoms with Crippen molar-refractivity contribution < 1.29 is 9.53 Å². The number of nitrogens with one attached hydrogen (secondary N) is 1. The lowest BCUT2D eigenvalue weighted by Crippen LogP contribution is -2.36. The molecule has 1 atom stereocenters. The average molecular weight is 359 g/mol. The minimum Gasteiger partial charge on any atom is -0.497 e. The maximum Gasteiger partial charge on any atom is 0.252 e. The molecule has 1 heterocycles. The Morgan fingerprint density at radius 3 is 2.48 bits per heavy atom. The number of halogens is 1. The van der Waals surface area contributed by atoms with Gasteiger partial charge in [-0.25, -0.2) is 0 Å². The van der Waals surface area contributed by atoms with Crippen LogP contribution in [-0.2, 0) is 0 Å². The van der Waals surface area contributed by atoms with E-state index in [2.05, 4.69) is 22.3 Å². The Morgan fingerprint density at radius 1 is 1.16 bits per heavy atom. The standard InChI is InChI=1S/C20H23ClN2O2/c1-25-16-10-8-15(9-11-16)19(23-12-4-5-13-23)14-22-20(24)17-6-2-3-7-18(17)21/h2-3,6-11,19H,4-5,12-14H2,1H3,(H,22,24)/t19-/m1/s1. The second-order valence-corrected chi connectivity index (χ2v) is 6.63. The lowest BCUT2D eigenvalue weighted by atomic mass is 10.0. The Labute approximate surface area is 153 Å². The van der Waals surface area contributed by atoms with Gasteiger partial charge in [-0.1, -0.05) is 35.9 Å². The molecule has 0 unspecified atom stereocenters. The fourth-order valence-electron chi connectivity index (χ4n) is 3.27. The van der Waals surface area contributed by atoms with Crippen molar-refractivity contribution in [3.05, 3.63) is 64.7 Å². The van der Waals surface area contributed by atoms with Crippen LogP contribution in [0.1, 0.15) is 34.8 Å². The van der Waals surface area contributed by atoms with Gasteiger partial charge in [0.25, 0.3) is 5.91 Å². The summed E-state index contributed by atoms with van der Waals surface area (Å²) in [7, 11) is 1.66. The first-order valence-electron chi connectivity index (χ1n) is 8.60. The maximum atomic E-state index is 12.5. The molecule has 1 amide bonds. The number of carbonyl (C=O) groups excluding carboxylic acids is 1. The van der Waals surface area contributed by atoms with Crippen LogP contribution in [0.5, 0.6) is 5.75 Å². The summed E-state index contributed by atoms with van der Waals surface area (Å²) in [5, 5.41) is 3.52. The second-order valence-electron chi connectivity index (χ2n) is 6.22. The minimum atomic E-state index is -0.136. The van der Waals surface area contributed by atoms with E-state index in [0.717, 1.165) is 18.8 Å². The van der Waals surface area contributed by atoms with E-state index >= 15 is 0 Å². The zero-order chi connectivity index (χ0) is 17.6. The van der Waals surface area contributed by atoms with Gasteiger partial charge in [0.1, 0.15) is 5.75 Å². The van der Waals surface area contributed by atoms with Crippen LogP contribution in [0.3, 0.4) is 0 Å². The van der Waals surface area contributed by atoms with Crippen molar-refractivity contribution in [2.24, 2.45) is 0 Å². The highest BCUT2D eigenvalue weighted by Gasteiger charge is 2.24. The zero-order valence-corrected chi connectivity index (χ0v) is 15.1. The number of carbonyl (C=O) groups is 1. The van der Waals surface area contributed by atoms with E-state index in [0.29, 0.717) is 17.1 Å². The molecule has 0 spiro atoms. The predicted molar refractivity (Wildman–Crippen MR) is 100 cm³/mol. The Bertz CT molecular complexity index is 712. The fraction of sp³-hybridized carbons (Fsp3) is 0.350. The monoisotopic (exact) mass is 358 g/mol.